The van der Waals surface area contributed by atoms with Crippen molar-refractivity contribution in [2.45, 2.75) is 32.9 Å². The zero-order chi connectivity index (χ0) is 25.3. The van der Waals surface area contributed by atoms with Crippen LogP contribution in [0.5, 0.6) is 5.75 Å². The Kier molecular flexibility index (Phi) is 7.00. The lowest BCUT2D eigenvalue weighted by atomic mass is 10.1. The minimum atomic E-state index is -3.30. The minimum absolute atomic E-state index is 0.00243. The number of ether oxygens (including phenoxy) is 1. The van der Waals surface area contributed by atoms with Crippen LogP contribution < -0.4 is 9.64 Å². The first-order valence-corrected chi connectivity index (χ1v) is 13.0. The molecule has 1 aromatic carbocycles. The average molecular weight is 504 g/mol. The van der Waals surface area contributed by atoms with E-state index in [4.69, 9.17) is 4.74 Å². The molecule has 1 aliphatic rings. The predicted molar refractivity (Wildman–Crippen MR) is 129 cm³/mol. The quantitative estimate of drug-likeness (QED) is 0.488. The Hall–Kier alpha value is -3.18. The molecule has 0 amide bonds. The molecule has 1 aliphatic heterocycles. The van der Waals surface area contributed by atoms with E-state index >= 15 is 0 Å². The van der Waals surface area contributed by atoms with Crippen LogP contribution in [-0.4, -0.2) is 60.2 Å². The van der Waals surface area contributed by atoms with Crippen LogP contribution in [-0.2, 0) is 23.0 Å². The minimum Gasteiger partial charge on any atom is -0.486 e. The number of aromatic nitrogens is 3. The van der Waals surface area contributed by atoms with Crippen molar-refractivity contribution in [3.63, 3.8) is 0 Å². The van der Waals surface area contributed by atoms with E-state index < -0.39 is 21.7 Å². The van der Waals surface area contributed by atoms with Crippen molar-refractivity contribution in [2.24, 2.45) is 0 Å². The number of pyridine rings is 1. The molecule has 0 saturated carbocycles. The van der Waals surface area contributed by atoms with Crippen molar-refractivity contribution in [2.75, 3.05) is 31.4 Å². The maximum absolute atomic E-state index is 14.9. The van der Waals surface area contributed by atoms with Gasteiger partial charge in [-0.3, -0.25) is 4.98 Å². The van der Waals surface area contributed by atoms with Crippen LogP contribution in [0.15, 0.2) is 36.7 Å². The van der Waals surface area contributed by atoms with Crippen molar-refractivity contribution in [3.05, 3.63) is 65.4 Å². The normalized spacial score (nSPS) is 13.8. The van der Waals surface area contributed by atoms with E-state index in [1.807, 2.05) is 18.7 Å². The maximum atomic E-state index is 14.9. The summed E-state index contributed by atoms with van der Waals surface area (Å²) in [5, 5.41) is 0. The van der Waals surface area contributed by atoms with Gasteiger partial charge in [-0.15, -0.1) is 0 Å². The van der Waals surface area contributed by atoms with E-state index in [-0.39, 0.29) is 30.5 Å². The molecule has 0 N–H and O–H groups in total. The zero-order valence-corrected chi connectivity index (χ0v) is 20.8. The molecule has 0 fully saturated rings. The van der Waals surface area contributed by atoms with Gasteiger partial charge in [-0.25, -0.2) is 31.5 Å². The molecule has 2 aromatic heterocycles. The molecule has 8 nitrogen and oxygen atoms in total. The Morgan fingerprint density at radius 1 is 1.14 bits per heavy atom. The van der Waals surface area contributed by atoms with Gasteiger partial charge in [0.05, 0.1) is 31.1 Å². The summed E-state index contributed by atoms with van der Waals surface area (Å²) in [7, 11) is -1.81. The molecular formula is C24H27F2N5O3S. The Balaban J connectivity index is 1.60. The fourth-order valence-corrected chi connectivity index (χ4v) is 4.24. The molecule has 35 heavy (non-hydrogen) atoms. The number of benzene rings is 1. The summed E-state index contributed by atoms with van der Waals surface area (Å²) in [6.07, 6.45) is 4.02. The maximum Gasteiger partial charge on any atom is 0.211 e. The summed E-state index contributed by atoms with van der Waals surface area (Å²) in [5.41, 5.74) is 2.22. The van der Waals surface area contributed by atoms with E-state index in [0.717, 1.165) is 18.0 Å². The van der Waals surface area contributed by atoms with Crippen LogP contribution in [0.3, 0.4) is 0 Å². The molecule has 0 atom stereocenters. The number of sulfonamides is 1. The van der Waals surface area contributed by atoms with Gasteiger partial charge >= 0.3 is 0 Å². The first-order valence-electron chi connectivity index (χ1n) is 11.1. The van der Waals surface area contributed by atoms with Crippen molar-refractivity contribution < 1.29 is 21.9 Å². The molecule has 3 aromatic rings. The second-order valence-corrected chi connectivity index (χ2v) is 10.9. The van der Waals surface area contributed by atoms with Gasteiger partial charge in [0.15, 0.2) is 17.4 Å². The monoisotopic (exact) mass is 503 g/mol. The lowest BCUT2D eigenvalue weighted by molar-refractivity contribution is 0.287. The SMILES string of the molecule is CC(C)N1CCOc2c(F)cc(-c3nc(Cc4ccc(CN(C)S(C)(=O)=O)cn4)ncc3F)cc21. The Morgan fingerprint density at radius 2 is 1.91 bits per heavy atom. The third-order valence-corrected chi connectivity index (χ3v) is 7.06. The highest BCUT2D eigenvalue weighted by atomic mass is 32.2. The number of nitrogens with zero attached hydrogens (tertiary/aromatic N) is 5. The first kappa shape index (κ1) is 24.9. The van der Waals surface area contributed by atoms with Crippen LogP contribution in [0, 0.1) is 11.6 Å². The van der Waals surface area contributed by atoms with E-state index in [9.17, 15) is 17.2 Å². The van der Waals surface area contributed by atoms with E-state index in [2.05, 4.69) is 15.0 Å². The number of halogens is 2. The van der Waals surface area contributed by atoms with Crippen molar-refractivity contribution in [1.29, 1.82) is 0 Å². The molecule has 4 rings (SSSR count). The fraction of sp³-hybridized carbons (Fsp3) is 0.375. The van der Waals surface area contributed by atoms with E-state index in [1.165, 1.54) is 17.4 Å². The predicted octanol–water partition coefficient (Wildman–Crippen LogP) is 3.41. The largest absolute Gasteiger partial charge is 0.486 e. The highest BCUT2D eigenvalue weighted by molar-refractivity contribution is 7.88. The molecule has 0 bridgehead atoms. The molecule has 0 spiro atoms. The fourth-order valence-electron chi connectivity index (χ4n) is 3.86. The van der Waals surface area contributed by atoms with Crippen LogP contribution >= 0.6 is 0 Å². The van der Waals surface area contributed by atoms with Gasteiger partial charge < -0.3 is 9.64 Å². The second kappa shape index (κ2) is 9.82. The summed E-state index contributed by atoms with van der Waals surface area (Å²) in [6.45, 7) is 5.18. The van der Waals surface area contributed by atoms with Gasteiger partial charge in [0.2, 0.25) is 10.0 Å². The van der Waals surface area contributed by atoms with Gasteiger partial charge in [0.1, 0.15) is 18.1 Å². The lowest BCUT2D eigenvalue weighted by Gasteiger charge is -2.34. The van der Waals surface area contributed by atoms with Crippen LogP contribution in [0.2, 0.25) is 0 Å². The van der Waals surface area contributed by atoms with Gasteiger partial charge in [-0.05, 0) is 37.6 Å². The van der Waals surface area contributed by atoms with Crippen LogP contribution in [0.25, 0.3) is 11.3 Å². The summed E-state index contributed by atoms with van der Waals surface area (Å²) >= 11 is 0. The zero-order valence-electron chi connectivity index (χ0n) is 20.0. The second-order valence-electron chi connectivity index (χ2n) is 8.78. The Morgan fingerprint density at radius 3 is 2.57 bits per heavy atom. The number of hydrogen-bond donors (Lipinski definition) is 0. The van der Waals surface area contributed by atoms with Gasteiger partial charge in [-0.2, -0.15) is 0 Å². The highest BCUT2D eigenvalue weighted by Crippen LogP contribution is 2.39. The molecule has 0 saturated heterocycles. The van der Waals surface area contributed by atoms with Gasteiger partial charge in [-0.1, -0.05) is 6.07 Å². The van der Waals surface area contributed by atoms with Crippen molar-refractivity contribution in [3.8, 4) is 17.0 Å². The number of anilines is 1. The lowest BCUT2D eigenvalue weighted by Crippen LogP contribution is -2.38. The van der Waals surface area contributed by atoms with E-state index in [0.29, 0.717) is 35.9 Å². The molecule has 3 heterocycles. The third kappa shape index (κ3) is 5.57. The highest BCUT2D eigenvalue weighted by Gasteiger charge is 2.25. The first-order chi connectivity index (χ1) is 16.5. The Bertz CT molecular complexity index is 1330. The number of hydrogen-bond acceptors (Lipinski definition) is 7. The number of fused-ring (bicyclic) bond motifs is 1. The molecule has 0 radical (unpaired) electrons. The van der Waals surface area contributed by atoms with Gasteiger partial charge in [0, 0.05) is 37.1 Å². The summed E-state index contributed by atoms with van der Waals surface area (Å²) < 4.78 is 59.5. The molecular weight excluding hydrogens is 476 g/mol. The standard InChI is InChI=1S/C24H27F2N5O3S/c1-15(2)31-7-8-34-24-19(25)9-17(10-21(24)31)23-20(26)13-28-22(29-23)11-18-6-5-16(12-27-18)14-30(3)35(4,32)33/h5-6,9-10,12-13,15H,7-8,11,14H2,1-4H3. The summed E-state index contributed by atoms with van der Waals surface area (Å²) in [5.74, 6) is -0.744. The average Bonchev–Trinajstić information content (AvgIpc) is 2.80. The molecule has 11 heteroatoms. The summed E-state index contributed by atoms with van der Waals surface area (Å²) in [4.78, 5) is 14.8. The topological polar surface area (TPSA) is 88.5 Å². The van der Waals surface area contributed by atoms with Crippen LogP contribution in [0.4, 0.5) is 14.5 Å². The number of rotatable bonds is 7. The van der Waals surface area contributed by atoms with Gasteiger partial charge in [0.25, 0.3) is 0 Å². The molecule has 0 unspecified atom stereocenters. The smallest absolute Gasteiger partial charge is 0.211 e. The van der Waals surface area contributed by atoms with Crippen molar-refractivity contribution in [1.82, 2.24) is 19.3 Å². The molecule has 186 valence electrons. The van der Waals surface area contributed by atoms with Crippen molar-refractivity contribution >= 4 is 15.7 Å². The van der Waals surface area contributed by atoms with Crippen LogP contribution in [0.1, 0.15) is 30.9 Å². The van der Waals surface area contributed by atoms with E-state index in [1.54, 1.807) is 24.4 Å². The third-order valence-electron chi connectivity index (χ3n) is 5.80. The molecule has 0 aliphatic carbocycles. The summed E-state index contributed by atoms with van der Waals surface area (Å²) in [6, 6.07) is 6.55. The Labute approximate surface area is 203 Å².